The second-order valence-electron chi connectivity index (χ2n) is 7.75. The molecule has 2 aromatic heterocycles. The van der Waals surface area contributed by atoms with Crippen molar-refractivity contribution in [3.63, 3.8) is 0 Å². The lowest BCUT2D eigenvalue weighted by molar-refractivity contribution is 0.241. The largest absolute Gasteiger partial charge is 0.491 e. The first-order valence-corrected chi connectivity index (χ1v) is 9.79. The van der Waals surface area contributed by atoms with Gasteiger partial charge >= 0.3 is 0 Å². The molecule has 3 rings (SSSR count). The Morgan fingerprint density at radius 1 is 1.10 bits per heavy atom. The summed E-state index contributed by atoms with van der Waals surface area (Å²) in [5.74, 6) is 1.46. The lowest BCUT2D eigenvalue weighted by Gasteiger charge is -2.31. The second-order valence-corrected chi connectivity index (χ2v) is 7.75. The van der Waals surface area contributed by atoms with E-state index in [0.717, 1.165) is 11.3 Å². The van der Waals surface area contributed by atoms with E-state index in [1.165, 1.54) is 4.68 Å². The van der Waals surface area contributed by atoms with Gasteiger partial charge in [-0.25, -0.2) is 4.68 Å². The van der Waals surface area contributed by atoms with E-state index >= 15 is 0 Å². The van der Waals surface area contributed by atoms with Gasteiger partial charge in [0.2, 0.25) is 0 Å². The van der Waals surface area contributed by atoms with Crippen molar-refractivity contribution in [1.29, 1.82) is 0 Å². The maximum absolute atomic E-state index is 12.4. The molecule has 0 saturated carbocycles. The van der Waals surface area contributed by atoms with Crippen LogP contribution >= 0.6 is 0 Å². The number of nitrogens with one attached hydrogen (secondary N) is 1. The monoisotopic (exact) mass is 395 g/mol. The Hall–Kier alpha value is -2.93. The van der Waals surface area contributed by atoms with Gasteiger partial charge in [0.1, 0.15) is 11.3 Å². The maximum Gasteiger partial charge on any atom is 0.276 e. The molecule has 7 heteroatoms. The van der Waals surface area contributed by atoms with Crippen LogP contribution in [-0.2, 0) is 7.05 Å². The molecule has 154 valence electrons. The number of anilines is 1. The second kappa shape index (κ2) is 8.61. The van der Waals surface area contributed by atoms with Gasteiger partial charge < -0.3 is 15.0 Å². The highest BCUT2D eigenvalue weighted by Gasteiger charge is 2.23. The van der Waals surface area contributed by atoms with E-state index in [4.69, 9.17) is 4.74 Å². The summed E-state index contributed by atoms with van der Waals surface area (Å²) < 4.78 is 7.11. The summed E-state index contributed by atoms with van der Waals surface area (Å²) in [5, 5.41) is 8.44. The van der Waals surface area contributed by atoms with Crippen LogP contribution in [0.25, 0.3) is 10.9 Å². The van der Waals surface area contributed by atoms with Crippen molar-refractivity contribution < 1.29 is 4.74 Å². The van der Waals surface area contributed by atoms with Gasteiger partial charge in [-0.05, 0) is 64.7 Å². The van der Waals surface area contributed by atoms with E-state index < -0.39 is 0 Å². The van der Waals surface area contributed by atoms with Gasteiger partial charge in [0.25, 0.3) is 5.56 Å². The molecule has 3 aromatic rings. The Bertz CT molecular complexity index is 1030. The number of likely N-dealkylation sites (N-methyl/N-ethyl adjacent to an activating group) is 1. The average Bonchev–Trinajstić information content (AvgIpc) is 2.67. The SMILES string of the molecule is CC(C)Oc1ccc(C([C@H](C)Nc2nn(C)c(=O)c3cccnc23)N(C)C)cc1. The highest BCUT2D eigenvalue weighted by atomic mass is 16.5. The van der Waals surface area contributed by atoms with E-state index in [-0.39, 0.29) is 23.7 Å². The zero-order valence-corrected chi connectivity index (χ0v) is 17.9. The van der Waals surface area contributed by atoms with Crippen molar-refractivity contribution in [2.75, 3.05) is 19.4 Å². The molecule has 0 aliphatic rings. The predicted octanol–water partition coefficient (Wildman–Crippen LogP) is 3.22. The van der Waals surface area contributed by atoms with Gasteiger partial charge in [0.05, 0.1) is 17.5 Å². The molecule has 1 aromatic carbocycles. The van der Waals surface area contributed by atoms with Crippen molar-refractivity contribution in [2.24, 2.45) is 7.05 Å². The Kier molecular flexibility index (Phi) is 6.17. The normalized spacial score (nSPS) is 13.7. The number of pyridine rings is 1. The lowest BCUT2D eigenvalue weighted by atomic mass is 9.99. The Morgan fingerprint density at radius 3 is 2.41 bits per heavy atom. The molecule has 7 nitrogen and oxygen atoms in total. The summed E-state index contributed by atoms with van der Waals surface area (Å²) in [4.78, 5) is 18.9. The van der Waals surface area contributed by atoms with Crippen molar-refractivity contribution in [3.05, 3.63) is 58.5 Å². The fourth-order valence-electron chi connectivity index (χ4n) is 3.63. The number of hydrogen-bond donors (Lipinski definition) is 1. The number of ether oxygens (including phenoxy) is 1. The Labute approximate surface area is 171 Å². The van der Waals surface area contributed by atoms with Crippen molar-refractivity contribution in [1.82, 2.24) is 19.7 Å². The number of rotatable bonds is 7. The first-order valence-electron chi connectivity index (χ1n) is 9.79. The summed E-state index contributed by atoms with van der Waals surface area (Å²) in [6, 6.07) is 11.8. The van der Waals surface area contributed by atoms with E-state index in [0.29, 0.717) is 16.7 Å². The lowest BCUT2D eigenvalue weighted by Crippen LogP contribution is -2.35. The molecule has 0 aliphatic carbocycles. The Balaban J connectivity index is 1.91. The number of aryl methyl sites for hydroxylation is 1. The summed E-state index contributed by atoms with van der Waals surface area (Å²) in [6.45, 7) is 6.13. The number of aromatic nitrogens is 3. The van der Waals surface area contributed by atoms with Crippen LogP contribution < -0.4 is 15.6 Å². The molecule has 2 heterocycles. The fraction of sp³-hybridized carbons (Fsp3) is 0.409. The summed E-state index contributed by atoms with van der Waals surface area (Å²) >= 11 is 0. The van der Waals surface area contributed by atoms with Gasteiger partial charge in [-0.1, -0.05) is 12.1 Å². The fourth-order valence-corrected chi connectivity index (χ4v) is 3.63. The highest BCUT2D eigenvalue weighted by Crippen LogP contribution is 2.27. The summed E-state index contributed by atoms with van der Waals surface area (Å²) in [7, 11) is 5.75. The average molecular weight is 396 g/mol. The third kappa shape index (κ3) is 4.56. The van der Waals surface area contributed by atoms with Crippen LogP contribution in [-0.4, -0.2) is 45.9 Å². The minimum Gasteiger partial charge on any atom is -0.491 e. The van der Waals surface area contributed by atoms with E-state index in [9.17, 15) is 4.79 Å². The van der Waals surface area contributed by atoms with Crippen LogP contribution in [0.5, 0.6) is 5.75 Å². The first-order chi connectivity index (χ1) is 13.8. The minimum atomic E-state index is -0.156. The highest BCUT2D eigenvalue weighted by molar-refractivity contribution is 5.87. The van der Waals surface area contributed by atoms with Crippen LogP contribution in [0, 0.1) is 0 Å². The van der Waals surface area contributed by atoms with E-state index in [1.807, 2.05) is 40.1 Å². The molecule has 0 aliphatic heterocycles. The van der Waals surface area contributed by atoms with Crippen LogP contribution in [0.4, 0.5) is 5.82 Å². The molecule has 0 saturated heterocycles. The number of fused-ring (bicyclic) bond motifs is 1. The van der Waals surface area contributed by atoms with Crippen molar-refractivity contribution in [2.45, 2.75) is 39.0 Å². The topological polar surface area (TPSA) is 72.3 Å². The maximum atomic E-state index is 12.4. The smallest absolute Gasteiger partial charge is 0.276 e. The molecule has 0 radical (unpaired) electrons. The molecular weight excluding hydrogens is 366 g/mol. The zero-order valence-electron chi connectivity index (χ0n) is 17.9. The Morgan fingerprint density at radius 2 is 1.79 bits per heavy atom. The van der Waals surface area contributed by atoms with Gasteiger partial charge in [0, 0.05) is 19.3 Å². The third-order valence-electron chi connectivity index (χ3n) is 4.79. The summed E-state index contributed by atoms with van der Waals surface area (Å²) in [5.41, 5.74) is 1.59. The molecule has 0 amide bonds. The van der Waals surface area contributed by atoms with Crippen LogP contribution in [0.15, 0.2) is 47.4 Å². The number of hydrogen-bond acceptors (Lipinski definition) is 6. The predicted molar refractivity (Wildman–Crippen MR) is 116 cm³/mol. The molecule has 1 unspecified atom stereocenters. The van der Waals surface area contributed by atoms with Gasteiger partial charge in [-0.15, -0.1) is 0 Å². The van der Waals surface area contributed by atoms with Crippen LogP contribution in [0.2, 0.25) is 0 Å². The van der Waals surface area contributed by atoms with Gasteiger partial charge in [0.15, 0.2) is 5.82 Å². The summed E-state index contributed by atoms with van der Waals surface area (Å²) in [6.07, 6.45) is 1.82. The van der Waals surface area contributed by atoms with E-state index in [1.54, 1.807) is 25.4 Å². The minimum absolute atomic E-state index is 0.0112. The molecule has 1 N–H and O–H groups in total. The van der Waals surface area contributed by atoms with Gasteiger partial charge in [-0.2, -0.15) is 5.10 Å². The molecule has 29 heavy (non-hydrogen) atoms. The van der Waals surface area contributed by atoms with Crippen LogP contribution in [0.1, 0.15) is 32.4 Å². The van der Waals surface area contributed by atoms with E-state index in [2.05, 4.69) is 39.4 Å². The standard InChI is InChI=1S/C22H29N5O2/c1-14(2)29-17-11-9-16(10-12-17)20(26(4)5)15(3)24-21-19-18(8-7-13-23-19)22(28)27(6)25-21/h7-15,20H,1-6H3,(H,24,25)/t15-,20?/m0/s1. The third-order valence-corrected chi connectivity index (χ3v) is 4.79. The first kappa shape index (κ1) is 20.8. The molecular formula is C22H29N5O2. The van der Waals surface area contributed by atoms with Crippen molar-refractivity contribution >= 4 is 16.7 Å². The van der Waals surface area contributed by atoms with Gasteiger partial charge in [-0.3, -0.25) is 9.78 Å². The molecule has 2 atom stereocenters. The zero-order chi connectivity index (χ0) is 21.1. The van der Waals surface area contributed by atoms with Crippen molar-refractivity contribution in [3.8, 4) is 5.75 Å². The quantitative estimate of drug-likeness (QED) is 0.662. The number of benzene rings is 1. The molecule has 0 spiro atoms. The number of nitrogens with zero attached hydrogens (tertiary/aromatic N) is 4. The molecule has 0 bridgehead atoms. The van der Waals surface area contributed by atoms with Crippen LogP contribution in [0.3, 0.4) is 0 Å². The molecule has 0 fully saturated rings.